The van der Waals surface area contributed by atoms with E-state index >= 15 is 0 Å². The van der Waals surface area contributed by atoms with Gasteiger partial charge in [0.05, 0.1) is 16.6 Å². The van der Waals surface area contributed by atoms with Gasteiger partial charge in [-0.1, -0.05) is 0 Å². The first kappa shape index (κ1) is 16.2. The van der Waals surface area contributed by atoms with E-state index in [1.54, 1.807) is 0 Å². The number of piperazine rings is 1. The van der Waals surface area contributed by atoms with Gasteiger partial charge in [0.2, 0.25) is 5.43 Å². The number of benzene rings is 1. The highest BCUT2D eigenvalue weighted by atomic mass is 19.3. The van der Waals surface area contributed by atoms with E-state index in [-0.39, 0.29) is 11.1 Å². The van der Waals surface area contributed by atoms with Gasteiger partial charge in [0.1, 0.15) is 11.3 Å². The highest BCUT2D eigenvalue weighted by Gasteiger charge is 2.21. The van der Waals surface area contributed by atoms with Crippen molar-refractivity contribution in [2.24, 2.45) is 0 Å². The Bertz CT molecular complexity index is 831. The van der Waals surface area contributed by atoms with Gasteiger partial charge in [0, 0.05) is 32.4 Å². The minimum absolute atomic E-state index is 0.00978. The highest BCUT2D eigenvalue weighted by Crippen LogP contribution is 2.33. The molecule has 0 amide bonds. The number of ether oxygens (including phenoxy) is 1. The van der Waals surface area contributed by atoms with Gasteiger partial charge >= 0.3 is 12.6 Å². The zero-order valence-corrected chi connectivity index (χ0v) is 12.5. The van der Waals surface area contributed by atoms with Gasteiger partial charge in [-0.25, -0.2) is 4.79 Å². The molecule has 24 heavy (non-hydrogen) atoms. The average molecular weight is 339 g/mol. The first-order chi connectivity index (χ1) is 11.5. The third-order valence-electron chi connectivity index (χ3n) is 3.86. The maximum absolute atomic E-state index is 12.7. The molecule has 3 N–H and O–H groups in total. The van der Waals surface area contributed by atoms with Gasteiger partial charge in [-0.05, 0) is 12.1 Å². The molecule has 9 heteroatoms. The van der Waals surface area contributed by atoms with Crippen LogP contribution in [-0.2, 0) is 0 Å². The van der Waals surface area contributed by atoms with Crippen LogP contribution in [0.1, 0.15) is 10.4 Å². The van der Waals surface area contributed by atoms with Crippen LogP contribution in [0.25, 0.3) is 10.9 Å². The number of nitrogens with zero attached hydrogens (tertiary/aromatic N) is 1. The van der Waals surface area contributed by atoms with E-state index in [9.17, 15) is 18.4 Å². The lowest BCUT2D eigenvalue weighted by Crippen LogP contribution is -2.43. The number of alkyl halides is 2. The van der Waals surface area contributed by atoms with Crippen molar-refractivity contribution in [2.45, 2.75) is 6.61 Å². The number of carboxylic acid groups (broad SMARTS) is 1. The molecule has 2 heterocycles. The summed E-state index contributed by atoms with van der Waals surface area (Å²) in [6.45, 7) is -0.461. The number of carbonyl (C=O) groups is 1. The van der Waals surface area contributed by atoms with Crippen molar-refractivity contribution in [2.75, 3.05) is 31.1 Å². The number of fused-ring (bicyclic) bond motifs is 1. The molecule has 1 aliphatic rings. The van der Waals surface area contributed by atoms with Crippen molar-refractivity contribution in [3.05, 3.63) is 34.1 Å². The van der Waals surface area contributed by atoms with E-state index in [1.807, 2.05) is 4.90 Å². The van der Waals surface area contributed by atoms with E-state index < -0.39 is 23.6 Å². The maximum atomic E-state index is 12.7. The van der Waals surface area contributed by atoms with Crippen LogP contribution >= 0.6 is 0 Å². The molecule has 0 unspecified atom stereocenters. The Hall–Kier alpha value is -2.68. The minimum Gasteiger partial charge on any atom is -0.477 e. The van der Waals surface area contributed by atoms with Crippen LogP contribution in [0.2, 0.25) is 0 Å². The number of aromatic carboxylic acids is 1. The Morgan fingerprint density at radius 1 is 1.29 bits per heavy atom. The molecule has 3 rings (SSSR count). The molecule has 2 aromatic rings. The van der Waals surface area contributed by atoms with Crippen LogP contribution in [0.15, 0.2) is 23.1 Å². The fourth-order valence-corrected chi connectivity index (χ4v) is 2.74. The van der Waals surface area contributed by atoms with Crippen LogP contribution in [0.5, 0.6) is 5.75 Å². The van der Waals surface area contributed by atoms with Crippen LogP contribution in [0.4, 0.5) is 14.5 Å². The number of aromatic amines is 1. The Morgan fingerprint density at radius 2 is 2.00 bits per heavy atom. The van der Waals surface area contributed by atoms with Crippen molar-refractivity contribution in [3.63, 3.8) is 0 Å². The molecule has 0 spiro atoms. The summed E-state index contributed by atoms with van der Waals surface area (Å²) in [7, 11) is 0. The molecule has 0 saturated carbocycles. The summed E-state index contributed by atoms with van der Waals surface area (Å²) in [4.78, 5) is 27.9. The molecular weight excluding hydrogens is 324 g/mol. The lowest BCUT2D eigenvalue weighted by molar-refractivity contribution is -0.0494. The standard InChI is InChI=1S/C15H15F2N3O4/c16-15(17)24-12-5-8-10(19-7-9(13(8)21)14(22)23)6-11(12)20-3-1-18-2-4-20/h5-7,15,18H,1-4H2,(H,19,21)(H,22,23). The number of aromatic nitrogens is 1. The maximum Gasteiger partial charge on any atom is 0.387 e. The first-order valence-electron chi connectivity index (χ1n) is 7.30. The van der Waals surface area contributed by atoms with Gasteiger partial charge < -0.3 is 25.0 Å². The van der Waals surface area contributed by atoms with Crippen molar-refractivity contribution >= 4 is 22.6 Å². The number of carboxylic acids is 1. The number of hydrogen-bond acceptors (Lipinski definition) is 5. The fraction of sp³-hybridized carbons (Fsp3) is 0.333. The van der Waals surface area contributed by atoms with E-state index in [1.165, 1.54) is 12.1 Å². The number of pyridine rings is 1. The summed E-state index contributed by atoms with van der Waals surface area (Å²) in [6.07, 6.45) is 1.10. The molecule has 1 aliphatic heterocycles. The summed E-state index contributed by atoms with van der Waals surface area (Å²) in [5.74, 6) is -1.53. The molecule has 1 aromatic carbocycles. The zero-order chi connectivity index (χ0) is 17.3. The van der Waals surface area contributed by atoms with Crippen LogP contribution < -0.4 is 20.4 Å². The van der Waals surface area contributed by atoms with E-state index in [4.69, 9.17) is 5.11 Å². The lowest BCUT2D eigenvalue weighted by atomic mass is 10.1. The van der Waals surface area contributed by atoms with Gasteiger partial charge in [-0.2, -0.15) is 8.78 Å². The largest absolute Gasteiger partial charge is 0.477 e. The van der Waals surface area contributed by atoms with Crippen LogP contribution in [0.3, 0.4) is 0 Å². The number of anilines is 1. The molecule has 1 fully saturated rings. The predicted molar refractivity (Wildman–Crippen MR) is 83.2 cm³/mol. The fourth-order valence-electron chi connectivity index (χ4n) is 2.74. The molecule has 0 radical (unpaired) electrons. The molecule has 0 aliphatic carbocycles. The van der Waals surface area contributed by atoms with Crippen molar-refractivity contribution < 1.29 is 23.4 Å². The van der Waals surface area contributed by atoms with Crippen molar-refractivity contribution in [1.82, 2.24) is 10.3 Å². The predicted octanol–water partition coefficient (Wildman–Crippen LogP) is 1.24. The summed E-state index contributed by atoms with van der Waals surface area (Å²) >= 11 is 0. The molecule has 7 nitrogen and oxygen atoms in total. The number of H-pyrrole nitrogens is 1. The third kappa shape index (κ3) is 3.02. The third-order valence-corrected chi connectivity index (χ3v) is 3.86. The molecular formula is C15H15F2N3O4. The second-order valence-corrected chi connectivity index (χ2v) is 5.32. The summed E-state index contributed by atoms with van der Waals surface area (Å²) in [5, 5.41) is 12.2. The Morgan fingerprint density at radius 3 is 2.62 bits per heavy atom. The van der Waals surface area contributed by atoms with Gasteiger partial charge in [-0.15, -0.1) is 0 Å². The molecule has 0 atom stereocenters. The highest BCUT2D eigenvalue weighted by molar-refractivity contribution is 5.94. The zero-order valence-electron chi connectivity index (χ0n) is 12.5. The lowest BCUT2D eigenvalue weighted by Gasteiger charge is -2.31. The smallest absolute Gasteiger partial charge is 0.387 e. The second-order valence-electron chi connectivity index (χ2n) is 5.32. The monoisotopic (exact) mass is 339 g/mol. The quantitative estimate of drug-likeness (QED) is 0.776. The van der Waals surface area contributed by atoms with E-state index in [0.29, 0.717) is 37.4 Å². The van der Waals surface area contributed by atoms with Crippen molar-refractivity contribution in [3.8, 4) is 5.75 Å². The number of hydrogen-bond donors (Lipinski definition) is 3. The average Bonchev–Trinajstić information content (AvgIpc) is 2.55. The van der Waals surface area contributed by atoms with Gasteiger partial charge in [-0.3, -0.25) is 4.79 Å². The minimum atomic E-state index is -3.05. The van der Waals surface area contributed by atoms with Crippen LogP contribution in [-0.4, -0.2) is 48.9 Å². The Labute approximate surface area is 134 Å². The summed E-state index contributed by atoms with van der Waals surface area (Å²) < 4.78 is 30.1. The topological polar surface area (TPSA) is 94.7 Å². The SMILES string of the molecule is O=C(O)c1c[nH]c2cc(N3CCNCC3)c(OC(F)F)cc2c1=O. The Kier molecular flexibility index (Phi) is 4.34. The van der Waals surface area contributed by atoms with Crippen molar-refractivity contribution in [1.29, 1.82) is 0 Å². The molecule has 128 valence electrons. The number of nitrogens with one attached hydrogen (secondary N) is 2. The normalized spacial score (nSPS) is 15.0. The van der Waals surface area contributed by atoms with E-state index in [2.05, 4.69) is 15.0 Å². The first-order valence-corrected chi connectivity index (χ1v) is 7.30. The number of halogens is 2. The Balaban J connectivity index is 2.17. The van der Waals surface area contributed by atoms with Gasteiger partial charge in [0.25, 0.3) is 0 Å². The van der Waals surface area contributed by atoms with E-state index in [0.717, 1.165) is 6.20 Å². The second kappa shape index (κ2) is 6.44. The number of rotatable bonds is 4. The van der Waals surface area contributed by atoms with Gasteiger partial charge in [0.15, 0.2) is 0 Å². The summed E-state index contributed by atoms with van der Waals surface area (Å²) in [5.41, 5.74) is -0.411. The van der Waals surface area contributed by atoms with Crippen LogP contribution in [0, 0.1) is 0 Å². The molecule has 0 bridgehead atoms. The summed E-state index contributed by atoms with van der Waals surface area (Å²) in [6, 6.07) is 2.70. The molecule has 1 aromatic heterocycles. The molecule has 1 saturated heterocycles.